The fraction of sp³-hybridized carbons (Fsp3) is 0.360. The van der Waals surface area contributed by atoms with Gasteiger partial charge in [-0.2, -0.15) is 13.2 Å². The van der Waals surface area contributed by atoms with Crippen LogP contribution < -0.4 is 21.1 Å². The zero-order chi connectivity index (χ0) is 28.6. The number of pyridine rings is 1. The van der Waals surface area contributed by atoms with Gasteiger partial charge >= 0.3 is 6.18 Å². The number of nitrogens with one attached hydrogen (secondary N) is 3. The predicted molar refractivity (Wildman–Crippen MR) is 140 cm³/mol. The molecule has 1 saturated heterocycles. The molecule has 0 unspecified atom stereocenters. The monoisotopic (exact) mass is 566 g/mol. The van der Waals surface area contributed by atoms with Crippen molar-refractivity contribution >= 4 is 34.5 Å². The Labute approximate surface area is 224 Å². The van der Waals surface area contributed by atoms with E-state index in [1.165, 1.54) is 25.4 Å². The van der Waals surface area contributed by atoms with Gasteiger partial charge in [0.25, 0.3) is 11.8 Å². The molecule has 0 aliphatic carbocycles. The molecular formula is C25H26F4N6O3S. The lowest BCUT2D eigenvalue weighted by Crippen LogP contribution is -2.55. The summed E-state index contributed by atoms with van der Waals surface area (Å²) >= 11 is 0.922. The van der Waals surface area contributed by atoms with E-state index in [0.717, 1.165) is 11.3 Å². The van der Waals surface area contributed by atoms with Gasteiger partial charge in [-0.3, -0.25) is 19.3 Å². The van der Waals surface area contributed by atoms with Crippen molar-refractivity contribution in [1.29, 1.82) is 0 Å². The quantitative estimate of drug-likeness (QED) is 0.406. The Morgan fingerprint density at radius 3 is 2.41 bits per heavy atom. The SMILES string of the molecule is CNC(=O)c1cnc(-c2cc(NC(=O)c3c[nH]c(=O)cc3C(F)(F)F)c(N3C[C@@H](C)N(C)[C@@H](C)C3)cc2F)s1. The lowest BCUT2D eigenvalue weighted by Gasteiger charge is -2.44. The van der Waals surface area contributed by atoms with Crippen molar-refractivity contribution in [3.05, 3.63) is 62.8 Å². The molecule has 1 aliphatic heterocycles. The molecule has 2 amide bonds. The van der Waals surface area contributed by atoms with E-state index in [-0.39, 0.29) is 38.9 Å². The van der Waals surface area contributed by atoms with Gasteiger partial charge in [-0.15, -0.1) is 11.3 Å². The van der Waals surface area contributed by atoms with E-state index in [4.69, 9.17) is 0 Å². The van der Waals surface area contributed by atoms with Crippen molar-refractivity contribution in [1.82, 2.24) is 20.2 Å². The summed E-state index contributed by atoms with van der Waals surface area (Å²) < 4.78 is 56.3. The predicted octanol–water partition coefficient (Wildman–Crippen LogP) is 3.80. The molecule has 1 aliphatic rings. The van der Waals surface area contributed by atoms with E-state index in [9.17, 15) is 27.6 Å². The summed E-state index contributed by atoms with van der Waals surface area (Å²) in [5.41, 5.74) is -2.92. The molecule has 0 bridgehead atoms. The first-order valence-corrected chi connectivity index (χ1v) is 12.7. The number of nitrogens with zero attached hydrogens (tertiary/aromatic N) is 3. The maximum absolute atomic E-state index is 15.5. The Morgan fingerprint density at radius 1 is 1.13 bits per heavy atom. The maximum Gasteiger partial charge on any atom is 0.417 e. The van der Waals surface area contributed by atoms with Crippen molar-refractivity contribution in [2.24, 2.45) is 0 Å². The van der Waals surface area contributed by atoms with Crippen LogP contribution >= 0.6 is 11.3 Å². The lowest BCUT2D eigenvalue weighted by atomic mass is 10.1. The molecule has 2 aromatic heterocycles. The van der Waals surface area contributed by atoms with Crippen molar-refractivity contribution in [2.75, 3.05) is 37.4 Å². The summed E-state index contributed by atoms with van der Waals surface area (Å²) in [6.07, 6.45) is -2.98. The molecule has 3 aromatic rings. The first-order chi connectivity index (χ1) is 18.3. The van der Waals surface area contributed by atoms with Crippen LogP contribution in [0.4, 0.5) is 28.9 Å². The molecule has 0 radical (unpaired) electrons. The number of rotatable bonds is 5. The highest BCUT2D eigenvalue weighted by Gasteiger charge is 2.36. The third-order valence-corrected chi connectivity index (χ3v) is 7.72. The van der Waals surface area contributed by atoms with E-state index in [1.807, 2.05) is 25.8 Å². The van der Waals surface area contributed by atoms with Crippen LogP contribution in [-0.4, -0.2) is 66.0 Å². The average Bonchev–Trinajstić information content (AvgIpc) is 3.36. The number of hydrogen-bond donors (Lipinski definition) is 3. The number of aromatic nitrogens is 2. The molecule has 39 heavy (non-hydrogen) atoms. The number of benzene rings is 1. The van der Waals surface area contributed by atoms with Crippen molar-refractivity contribution in [3.8, 4) is 10.6 Å². The second-order valence-corrected chi connectivity index (χ2v) is 10.3. The smallest absolute Gasteiger partial charge is 0.367 e. The number of halogens is 4. The lowest BCUT2D eigenvalue weighted by molar-refractivity contribution is -0.138. The molecule has 14 heteroatoms. The Hall–Kier alpha value is -3.78. The molecular weight excluding hydrogens is 540 g/mol. The van der Waals surface area contributed by atoms with Gasteiger partial charge in [0.05, 0.1) is 28.7 Å². The van der Waals surface area contributed by atoms with Gasteiger partial charge in [-0.05, 0) is 27.0 Å². The molecule has 1 fully saturated rings. The largest absolute Gasteiger partial charge is 0.417 e. The van der Waals surface area contributed by atoms with Gasteiger partial charge in [0.1, 0.15) is 15.7 Å². The topological polar surface area (TPSA) is 110 Å². The van der Waals surface area contributed by atoms with E-state index in [1.54, 1.807) is 0 Å². The number of H-pyrrole nitrogens is 1. The Bertz CT molecular complexity index is 1460. The van der Waals surface area contributed by atoms with Gasteiger partial charge in [0.15, 0.2) is 0 Å². The van der Waals surface area contributed by atoms with Crippen molar-refractivity contribution < 1.29 is 27.2 Å². The second-order valence-electron chi connectivity index (χ2n) is 9.30. The van der Waals surface area contributed by atoms with Crippen LogP contribution in [0.25, 0.3) is 10.6 Å². The number of carbonyl (C=O) groups excluding carboxylic acids is 2. The first kappa shape index (κ1) is 28.2. The zero-order valence-corrected chi connectivity index (χ0v) is 22.3. The average molecular weight is 567 g/mol. The third-order valence-electron chi connectivity index (χ3n) is 6.70. The fourth-order valence-electron chi connectivity index (χ4n) is 4.40. The second kappa shape index (κ2) is 10.8. The van der Waals surface area contributed by atoms with Gasteiger partial charge in [0.2, 0.25) is 5.56 Å². The Morgan fingerprint density at radius 2 is 1.79 bits per heavy atom. The van der Waals surface area contributed by atoms with Gasteiger partial charge < -0.3 is 20.5 Å². The number of carbonyl (C=O) groups is 2. The number of thiazole rings is 1. The highest BCUT2D eigenvalue weighted by Crippen LogP contribution is 2.38. The van der Waals surface area contributed by atoms with E-state index in [0.29, 0.717) is 25.4 Å². The highest BCUT2D eigenvalue weighted by molar-refractivity contribution is 7.16. The molecule has 1 aromatic carbocycles. The minimum Gasteiger partial charge on any atom is -0.367 e. The molecule has 0 saturated carbocycles. The molecule has 3 heterocycles. The fourth-order valence-corrected chi connectivity index (χ4v) is 5.28. The molecule has 3 N–H and O–H groups in total. The van der Waals surface area contributed by atoms with Crippen molar-refractivity contribution in [2.45, 2.75) is 32.1 Å². The summed E-state index contributed by atoms with van der Waals surface area (Å²) in [6.45, 7) is 4.90. The van der Waals surface area contributed by atoms with Gasteiger partial charge in [-0.1, -0.05) is 0 Å². The minimum absolute atomic E-state index is 0.0399. The number of amides is 2. The summed E-state index contributed by atoms with van der Waals surface area (Å²) in [5, 5.41) is 5.09. The molecule has 2 atom stereocenters. The minimum atomic E-state index is -4.96. The van der Waals surface area contributed by atoms with E-state index in [2.05, 4.69) is 25.5 Å². The number of piperazine rings is 1. The number of anilines is 2. The summed E-state index contributed by atoms with van der Waals surface area (Å²) in [7, 11) is 3.40. The van der Waals surface area contributed by atoms with E-state index < -0.39 is 40.5 Å². The summed E-state index contributed by atoms with van der Waals surface area (Å²) in [4.78, 5) is 47.1. The Kier molecular flexibility index (Phi) is 7.80. The van der Waals surface area contributed by atoms with Crippen LogP contribution in [0.15, 0.2) is 35.4 Å². The molecule has 0 spiro atoms. The normalized spacial score (nSPS) is 18.2. The van der Waals surface area contributed by atoms with Gasteiger partial charge in [-0.25, -0.2) is 9.37 Å². The van der Waals surface area contributed by atoms with Crippen molar-refractivity contribution in [3.63, 3.8) is 0 Å². The Balaban J connectivity index is 1.81. The van der Waals surface area contributed by atoms with Gasteiger partial charge in [0, 0.05) is 56.1 Å². The third kappa shape index (κ3) is 5.81. The summed E-state index contributed by atoms with van der Waals surface area (Å²) in [6, 6.07) is 2.93. The maximum atomic E-state index is 15.5. The van der Waals surface area contributed by atoms with Crippen LogP contribution in [0.3, 0.4) is 0 Å². The standard InChI is InChI=1S/C25H26F4N6O3S/c1-12-10-35(11-13(2)34(12)4)19-7-17(26)14(24-32-9-20(39-24)23(38)30-3)5-18(19)33-22(37)15-8-31-21(36)6-16(15)25(27,28)29/h5-9,12-13H,10-11H2,1-4H3,(H,30,38)(H,31,36)(H,33,37)/t12-,13+. The summed E-state index contributed by atoms with van der Waals surface area (Å²) in [5.74, 6) is -2.24. The van der Waals surface area contributed by atoms with Crippen LogP contribution in [0, 0.1) is 5.82 Å². The molecule has 208 valence electrons. The van der Waals surface area contributed by atoms with Crippen LogP contribution in [0.1, 0.15) is 39.4 Å². The van der Waals surface area contributed by atoms with Crippen LogP contribution in [0.2, 0.25) is 0 Å². The highest BCUT2D eigenvalue weighted by atomic mass is 32.1. The number of hydrogen-bond acceptors (Lipinski definition) is 7. The van der Waals surface area contributed by atoms with Crippen LogP contribution in [0.5, 0.6) is 0 Å². The first-order valence-electron chi connectivity index (χ1n) is 11.9. The number of alkyl halides is 3. The number of likely N-dealkylation sites (N-methyl/N-ethyl adjacent to an activating group) is 1. The zero-order valence-electron chi connectivity index (χ0n) is 21.4. The van der Waals surface area contributed by atoms with Crippen LogP contribution in [-0.2, 0) is 6.18 Å². The number of aromatic amines is 1. The molecule has 4 rings (SSSR count). The molecule has 9 nitrogen and oxygen atoms in total. The van der Waals surface area contributed by atoms with E-state index >= 15 is 4.39 Å².